The minimum atomic E-state index is -0.0800. The zero-order chi connectivity index (χ0) is 19.2. The van der Waals surface area contributed by atoms with E-state index < -0.39 is 0 Å². The molecule has 0 atom stereocenters. The predicted octanol–water partition coefficient (Wildman–Crippen LogP) is 2.19. The Morgan fingerprint density at radius 3 is 2.59 bits per heavy atom. The molecule has 1 amide bonds. The van der Waals surface area contributed by atoms with Gasteiger partial charge in [-0.2, -0.15) is 0 Å². The van der Waals surface area contributed by atoms with E-state index in [9.17, 15) is 4.79 Å². The molecule has 7 nitrogen and oxygen atoms in total. The van der Waals surface area contributed by atoms with Gasteiger partial charge in [0, 0.05) is 44.5 Å². The summed E-state index contributed by atoms with van der Waals surface area (Å²) >= 11 is 0. The second kappa shape index (κ2) is 8.99. The van der Waals surface area contributed by atoms with Crippen LogP contribution in [-0.2, 0) is 6.42 Å². The average Bonchev–Trinajstić information content (AvgIpc) is 3.03. The van der Waals surface area contributed by atoms with E-state index >= 15 is 0 Å². The molecular formula is C20H29N5O2. The van der Waals surface area contributed by atoms with Crippen molar-refractivity contribution in [3.05, 3.63) is 40.9 Å². The van der Waals surface area contributed by atoms with Gasteiger partial charge in [-0.1, -0.05) is 12.1 Å². The topological polar surface area (TPSA) is 74.5 Å². The first kappa shape index (κ1) is 19.4. The van der Waals surface area contributed by atoms with E-state index in [0.29, 0.717) is 12.1 Å². The van der Waals surface area contributed by atoms with Crippen LogP contribution in [0.2, 0.25) is 0 Å². The highest BCUT2D eigenvalue weighted by Gasteiger charge is 2.17. The Morgan fingerprint density at radius 2 is 2.00 bits per heavy atom. The highest BCUT2D eigenvalue weighted by Crippen LogP contribution is 2.15. The molecule has 1 N–H and O–H groups in total. The number of aromatic nitrogens is 2. The normalized spacial score (nSPS) is 15.1. The molecule has 2 aromatic rings. The predicted molar refractivity (Wildman–Crippen MR) is 105 cm³/mol. The number of piperazine rings is 1. The SMILES string of the molecule is CCN1CCN(c2ccc(C(=O)NCCCc3c(C)noc3C)cn2)CC1. The summed E-state index contributed by atoms with van der Waals surface area (Å²) in [6.07, 6.45) is 3.37. The van der Waals surface area contributed by atoms with Crippen LogP contribution in [0.5, 0.6) is 0 Å². The van der Waals surface area contributed by atoms with E-state index in [1.165, 1.54) is 0 Å². The minimum absolute atomic E-state index is 0.0800. The zero-order valence-corrected chi connectivity index (χ0v) is 16.5. The van der Waals surface area contributed by atoms with Crippen molar-refractivity contribution in [3.63, 3.8) is 0 Å². The molecular weight excluding hydrogens is 342 g/mol. The molecule has 0 saturated carbocycles. The molecule has 0 aliphatic carbocycles. The first-order valence-corrected chi connectivity index (χ1v) is 9.71. The second-order valence-corrected chi connectivity index (χ2v) is 6.99. The van der Waals surface area contributed by atoms with Gasteiger partial charge in [0.25, 0.3) is 5.91 Å². The molecule has 146 valence electrons. The highest BCUT2D eigenvalue weighted by molar-refractivity contribution is 5.94. The van der Waals surface area contributed by atoms with Crippen molar-refractivity contribution in [2.45, 2.75) is 33.6 Å². The first-order chi connectivity index (χ1) is 13.1. The number of amides is 1. The molecule has 0 bridgehead atoms. The summed E-state index contributed by atoms with van der Waals surface area (Å²) in [5.74, 6) is 1.72. The maximum Gasteiger partial charge on any atom is 0.252 e. The van der Waals surface area contributed by atoms with Gasteiger partial charge in [-0.25, -0.2) is 4.98 Å². The molecule has 0 spiro atoms. The fraction of sp³-hybridized carbons (Fsp3) is 0.550. The number of carbonyl (C=O) groups is 1. The van der Waals surface area contributed by atoms with Gasteiger partial charge in [-0.3, -0.25) is 4.79 Å². The summed E-state index contributed by atoms with van der Waals surface area (Å²) in [5, 5.41) is 6.92. The van der Waals surface area contributed by atoms with Gasteiger partial charge >= 0.3 is 0 Å². The Hall–Kier alpha value is -2.41. The number of aryl methyl sites for hydroxylation is 2. The Kier molecular flexibility index (Phi) is 6.45. The van der Waals surface area contributed by atoms with Crippen molar-refractivity contribution in [2.24, 2.45) is 0 Å². The molecule has 3 rings (SSSR count). The lowest BCUT2D eigenvalue weighted by Crippen LogP contribution is -2.46. The summed E-state index contributed by atoms with van der Waals surface area (Å²) in [7, 11) is 0. The lowest BCUT2D eigenvalue weighted by molar-refractivity contribution is 0.0953. The van der Waals surface area contributed by atoms with Crippen molar-refractivity contribution < 1.29 is 9.32 Å². The molecule has 0 unspecified atom stereocenters. The van der Waals surface area contributed by atoms with Crippen LogP contribution in [0, 0.1) is 13.8 Å². The molecule has 3 heterocycles. The molecule has 7 heteroatoms. The molecule has 2 aromatic heterocycles. The Balaban J connectivity index is 1.45. The lowest BCUT2D eigenvalue weighted by Gasteiger charge is -2.34. The number of nitrogens with one attached hydrogen (secondary N) is 1. The molecule has 27 heavy (non-hydrogen) atoms. The van der Waals surface area contributed by atoms with Gasteiger partial charge < -0.3 is 19.6 Å². The van der Waals surface area contributed by atoms with Crippen molar-refractivity contribution in [1.82, 2.24) is 20.4 Å². The van der Waals surface area contributed by atoms with Crippen LogP contribution in [-0.4, -0.2) is 60.2 Å². The monoisotopic (exact) mass is 371 g/mol. The fourth-order valence-electron chi connectivity index (χ4n) is 3.43. The second-order valence-electron chi connectivity index (χ2n) is 6.99. The number of hydrogen-bond donors (Lipinski definition) is 1. The summed E-state index contributed by atoms with van der Waals surface area (Å²) in [4.78, 5) is 21.5. The number of hydrogen-bond acceptors (Lipinski definition) is 6. The van der Waals surface area contributed by atoms with Gasteiger partial charge in [-0.15, -0.1) is 0 Å². The fourth-order valence-corrected chi connectivity index (χ4v) is 3.43. The molecule has 1 fully saturated rings. The van der Waals surface area contributed by atoms with Gasteiger partial charge in [0.15, 0.2) is 0 Å². The van der Waals surface area contributed by atoms with E-state index in [1.54, 1.807) is 6.20 Å². The third-order valence-electron chi connectivity index (χ3n) is 5.22. The maximum absolute atomic E-state index is 12.3. The number of likely N-dealkylation sites (N-methyl/N-ethyl adjacent to an activating group) is 1. The summed E-state index contributed by atoms with van der Waals surface area (Å²) in [6, 6.07) is 3.80. The first-order valence-electron chi connectivity index (χ1n) is 9.71. The zero-order valence-electron chi connectivity index (χ0n) is 16.5. The third kappa shape index (κ3) is 4.86. The van der Waals surface area contributed by atoms with Gasteiger partial charge in [0.05, 0.1) is 11.3 Å². The van der Waals surface area contributed by atoms with Crippen LogP contribution in [0.4, 0.5) is 5.82 Å². The van der Waals surface area contributed by atoms with Crippen LogP contribution < -0.4 is 10.2 Å². The summed E-state index contributed by atoms with van der Waals surface area (Å²) in [6.45, 7) is 11.8. The summed E-state index contributed by atoms with van der Waals surface area (Å²) < 4.78 is 5.16. The Labute approximate surface area is 160 Å². The Morgan fingerprint density at radius 1 is 1.22 bits per heavy atom. The lowest BCUT2D eigenvalue weighted by atomic mass is 10.1. The summed E-state index contributed by atoms with van der Waals surface area (Å²) in [5.41, 5.74) is 2.67. The van der Waals surface area contributed by atoms with Crippen LogP contribution in [0.15, 0.2) is 22.9 Å². The number of pyridine rings is 1. The third-order valence-corrected chi connectivity index (χ3v) is 5.22. The smallest absolute Gasteiger partial charge is 0.252 e. The van der Waals surface area contributed by atoms with Crippen molar-refractivity contribution in [2.75, 3.05) is 44.2 Å². The van der Waals surface area contributed by atoms with Gasteiger partial charge in [0.1, 0.15) is 11.6 Å². The number of rotatable bonds is 7. The Bertz CT molecular complexity index is 729. The van der Waals surface area contributed by atoms with Gasteiger partial charge in [-0.05, 0) is 45.4 Å². The standard InChI is InChI=1S/C20H29N5O2/c1-4-24-10-12-25(13-11-24)19-8-7-17(14-22-19)20(26)21-9-5-6-18-15(2)23-27-16(18)3/h7-8,14H,4-6,9-13H2,1-3H3,(H,21,26). The van der Waals surface area contributed by atoms with Crippen LogP contribution in [0.1, 0.15) is 40.7 Å². The van der Waals surface area contributed by atoms with E-state index in [4.69, 9.17) is 4.52 Å². The van der Waals surface area contributed by atoms with Crippen LogP contribution in [0.25, 0.3) is 0 Å². The molecule has 1 aliphatic heterocycles. The van der Waals surface area contributed by atoms with E-state index in [1.807, 2.05) is 26.0 Å². The van der Waals surface area contributed by atoms with Crippen molar-refractivity contribution >= 4 is 11.7 Å². The quantitative estimate of drug-likeness (QED) is 0.752. The maximum atomic E-state index is 12.3. The largest absolute Gasteiger partial charge is 0.361 e. The number of nitrogens with zero attached hydrogens (tertiary/aromatic N) is 4. The number of anilines is 1. The molecule has 0 aromatic carbocycles. The average molecular weight is 371 g/mol. The van der Waals surface area contributed by atoms with Crippen molar-refractivity contribution in [3.8, 4) is 0 Å². The van der Waals surface area contributed by atoms with E-state index in [-0.39, 0.29) is 5.91 Å². The van der Waals surface area contributed by atoms with Crippen molar-refractivity contribution in [1.29, 1.82) is 0 Å². The van der Waals surface area contributed by atoms with Crippen LogP contribution in [0.3, 0.4) is 0 Å². The minimum Gasteiger partial charge on any atom is -0.361 e. The highest BCUT2D eigenvalue weighted by atomic mass is 16.5. The molecule has 0 radical (unpaired) electrons. The number of carbonyl (C=O) groups excluding carboxylic acids is 1. The van der Waals surface area contributed by atoms with Crippen LogP contribution >= 0.6 is 0 Å². The molecule has 1 aliphatic rings. The van der Waals surface area contributed by atoms with E-state index in [2.05, 4.69) is 32.2 Å². The van der Waals surface area contributed by atoms with E-state index in [0.717, 1.165) is 68.4 Å². The molecule has 1 saturated heterocycles. The van der Waals surface area contributed by atoms with Gasteiger partial charge in [0.2, 0.25) is 0 Å².